The minimum absolute atomic E-state index is 0.713. The lowest BCUT2D eigenvalue weighted by atomic mass is 9.90. The van der Waals surface area contributed by atoms with Crippen LogP contribution in [-0.4, -0.2) is 17.7 Å². The van der Waals surface area contributed by atoms with Crippen molar-refractivity contribution in [3.63, 3.8) is 0 Å². The fraction of sp³-hybridized carbons (Fsp3) is 0.692. The van der Waals surface area contributed by atoms with Gasteiger partial charge in [0.05, 0.1) is 0 Å². The van der Waals surface area contributed by atoms with Gasteiger partial charge in [-0.3, -0.25) is 0 Å². The fourth-order valence-corrected chi connectivity index (χ4v) is 2.92. The predicted molar refractivity (Wildman–Crippen MR) is 64.3 cm³/mol. The number of aromatic nitrogens is 1. The van der Waals surface area contributed by atoms with Crippen molar-refractivity contribution < 1.29 is 0 Å². The Morgan fingerprint density at radius 1 is 1.20 bits per heavy atom. The first-order valence-electron chi connectivity index (χ1n) is 6.04. The van der Waals surface area contributed by atoms with Crippen LogP contribution in [0, 0.1) is 13.8 Å². The van der Waals surface area contributed by atoms with Crippen molar-refractivity contribution in [3.05, 3.63) is 23.5 Å². The lowest BCUT2D eigenvalue weighted by Gasteiger charge is -2.31. The number of rotatable bonds is 2. The van der Waals surface area contributed by atoms with Gasteiger partial charge in [0, 0.05) is 23.5 Å². The predicted octanol–water partition coefficient (Wildman–Crippen LogP) is 2.81. The van der Waals surface area contributed by atoms with E-state index in [1.54, 1.807) is 0 Å². The van der Waals surface area contributed by atoms with Crippen molar-refractivity contribution in [3.8, 4) is 0 Å². The van der Waals surface area contributed by atoms with Crippen LogP contribution in [-0.2, 0) is 0 Å². The monoisotopic (exact) mass is 206 g/mol. The summed E-state index contributed by atoms with van der Waals surface area (Å²) < 4.78 is 2.52. The summed E-state index contributed by atoms with van der Waals surface area (Å²) in [4.78, 5) is 0. The summed E-state index contributed by atoms with van der Waals surface area (Å²) in [7, 11) is 2.09. The van der Waals surface area contributed by atoms with Gasteiger partial charge >= 0.3 is 0 Å². The molecule has 1 saturated carbocycles. The van der Waals surface area contributed by atoms with Crippen LogP contribution in [0.4, 0.5) is 0 Å². The molecular formula is C13H22N2. The van der Waals surface area contributed by atoms with Crippen LogP contribution in [0.1, 0.15) is 43.1 Å². The number of hydrogen-bond acceptors (Lipinski definition) is 1. The maximum Gasteiger partial charge on any atom is 0.0350 e. The summed E-state index contributed by atoms with van der Waals surface area (Å²) >= 11 is 0. The zero-order valence-corrected chi connectivity index (χ0v) is 10.1. The van der Waals surface area contributed by atoms with Gasteiger partial charge in [0.15, 0.2) is 0 Å². The van der Waals surface area contributed by atoms with E-state index in [1.807, 2.05) is 0 Å². The lowest BCUT2D eigenvalue weighted by molar-refractivity contribution is 0.290. The zero-order chi connectivity index (χ0) is 10.8. The third-order valence-corrected chi connectivity index (χ3v) is 3.75. The molecule has 1 aromatic heterocycles. The van der Waals surface area contributed by atoms with Gasteiger partial charge in [-0.25, -0.2) is 0 Å². The molecule has 1 aliphatic rings. The molecule has 2 atom stereocenters. The molecule has 0 aromatic carbocycles. The first-order valence-corrected chi connectivity index (χ1v) is 6.04. The van der Waals surface area contributed by atoms with Crippen LogP contribution >= 0.6 is 0 Å². The molecule has 2 nitrogen and oxygen atoms in total. The second kappa shape index (κ2) is 4.40. The Morgan fingerprint density at radius 2 is 1.87 bits per heavy atom. The minimum Gasteiger partial charge on any atom is -0.346 e. The van der Waals surface area contributed by atoms with Crippen molar-refractivity contribution in [1.29, 1.82) is 0 Å². The highest BCUT2D eigenvalue weighted by Crippen LogP contribution is 2.30. The first-order chi connectivity index (χ1) is 7.22. The summed E-state index contributed by atoms with van der Waals surface area (Å²) in [6.07, 6.45) is 5.32. The van der Waals surface area contributed by atoms with Crippen molar-refractivity contribution in [1.82, 2.24) is 9.88 Å². The van der Waals surface area contributed by atoms with Gasteiger partial charge in [-0.15, -0.1) is 0 Å². The Bertz CT molecular complexity index is 308. The molecule has 0 bridgehead atoms. The van der Waals surface area contributed by atoms with Crippen LogP contribution in [0.15, 0.2) is 12.1 Å². The van der Waals surface area contributed by atoms with Crippen molar-refractivity contribution >= 4 is 0 Å². The van der Waals surface area contributed by atoms with E-state index < -0.39 is 0 Å². The molecule has 2 heteroatoms. The third-order valence-electron chi connectivity index (χ3n) is 3.75. The van der Waals surface area contributed by atoms with Gasteiger partial charge < -0.3 is 9.88 Å². The van der Waals surface area contributed by atoms with Crippen molar-refractivity contribution in [2.75, 3.05) is 7.05 Å². The molecule has 0 amide bonds. The van der Waals surface area contributed by atoms with Crippen LogP contribution in [0.5, 0.6) is 0 Å². The fourth-order valence-electron chi connectivity index (χ4n) is 2.92. The van der Waals surface area contributed by atoms with E-state index in [9.17, 15) is 0 Å². The highest BCUT2D eigenvalue weighted by Gasteiger charge is 2.23. The highest BCUT2D eigenvalue weighted by molar-refractivity contribution is 5.15. The number of aryl methyl sites for hydroxylation is 2. The molecule has 15 heavy (non-hydrogen) atoms. The summed E-state index contributed by atoms with van der Waals surface area (Å²) in [5.41, 5.74) is 2.82. The molecule has 1 aliphatic carbocycles. The highest BCUT2D eigenvalue weighted by atomic mass is 15.0. The molecule has 84 valence electrons. The van der Waals surface area contributed by atoms with E-state index in [-0.39, 0.29) is 0 Å². The van der Waals surface area contributed by atoms with E-state index in [0.717, 1.165) is 0 Å². The quantitative estimate of drug-likeness (QED) is 0.787. The van der Waals surface area contributed by atoms with Gasteiger partial charge in [-0.05, 0) is 58.7 Å². The molecular weight excluding hydrogens is 184 g/mol. The normalized spacial score (nSPS) is 26.9. The van der Waals surface area contributed by atoms with E-state index in [4.69, 9.17) is 0 Å². The Hall–Kier alpha value is -0.760. The molecule has 2 rings (SSSR count). The smallest absolute Gasteiger partial charge is 0.0350 e. The van der Waals surface area contributed by atoms with Crippen LogP contribution in [0.3, 0.4) is 0 Å². The number of nitrogens with one attached hydrogen (secondary N) is 1. The SMILES string of the molecule is CNC1CCCC(n2c(C)ccc2C)C1. The van der Waals surface area contributed by atoms with E-state index in [1.165, 1.54) is 37.1 Å². The van der Waals surface area contributed by atoms with E-state index in [0.29, 0.717) is 12.1 Å². The van der Waals surface area contributed by atoms with E-state index in [2.05, 4.69) is 42.9 Å². The molecule has 0 aliphatic heterocycles. The molecule has 0 radical (unpaired) electrons. The average Bonchev–Trinajstić information content (AvgIpc) is 2.59. The van der Waals surface area contributed by atoms with Gasteiger partial charge in [0.25, 0.3) is 0 Å². The Labute approximate surface area is 92.7 Å². The summed E-state index contributed by atoms with van der Waals surface area (Å²) in [6.45, 7) is 4.44. The number of nitrogens with zero attached hydrogens (tertiary/aromatic N) is 1. The zero-order valence-electron chi connectivity index (χ0n) is 10.1. The van der Waals surface area contributed by atoms with Gasteiger partial charge in [-0.2, -0.15) is 0 Å². The molecule has 2 unspecified atom stereocenters. The van der Waals surface area contributed by atoms with E-state index >= 15 is 0 Å². The third kappa shape index (κ3) is 2.10. The topological polar surface area (TPSA) is 17.0 Å². The Kier molecular flexibility index (Phi) is 3.15. The lowest BCUT2D eigenvalue weighted by Crippen LogP contribution is -2.32. The van der Waals surface area contributed by atoms with Gasteiger partial charge in [0.1, 0.15) is 0 Å². The van der Waals surface area contributed by atoms with Gasteiger partial charge in [-0.1, -0.05) is 0 Å². The summed E-state index contributed by atoms with van der Waals surface area (Å²) in [5.74, 6) is 0. The molecule has 0 spiro atoms. The second-order valence-corrected chi connectivity index (χ2v) is 4.79. The molecule has 0 saturated heterocycles. The maximum absolute atomic E-state index is 3.42. The average molecular weight is 206 g/mol. The van der Waals surface area contributed by atoms with Crippen LogP contribution < -0.4 is 5.32 Å². The molecule has 1 N–H and O–H groups in total. The van der Waals surface area contributed by atoms with Gasteiger partial charge in [0.2, 0.25) is 0 Å². The molecule has 1 heterocycles. The van der Waals surface area contributed by atoms with Crippen molar-refractivity contribution in [2.24, 2.45) is 0 Å². The summed E-state index contributed by atoms with van der Waals surface area (Å²) in [6, 6.07) is 5.90. The van der Waals surface area contributed by atoms with Crippen molar-refractivity contribution in [2.45, 2.75) is 51.6 Å². The first kappa shape index (κ1) is 10.7. The van der Waals surface area contributed by atoms with Crippen LogP contribution in [0.2, 0.25) is 0 Å². The second-order valence-electron chi connectivity index (χ2n) is 4.79. The largest absolute Gasteiger partial charge is 0.346 e. The molecule has 1 aromatic rings. The Morgan fingerprint density at radius 3 is 2.47 bits per heavy atom. The standard InChI is InChI=1S/C13H22N2/c1-10-7-8-11(2)15(10)13-6-4-5-12(9-13)14-3/h7-8,12-14H,4-6,9H2,1-3H3. The maximum atomic E-state index is 3.42. The minimum atomic E-state index is 0.713. The molecule has 1 fully saturated rings. The Balaban J connectivity index is 2.16. The summed E-state index contributed by atoms with van der Waals surface area (Å²) in [5, 5.41) is 3.42. The number of hydrogen-bond donors (Lipinski definition) is 1. The van der Waals surface area contributed by atoms with Crippen LogP contribution in [0.25, 0.3) is 0 Å².